The van der Waals surface area contributed by atoms with Crippen LogP contribution < -0.4 is 0 Å². The summed E-state index contributed by atoms with van der Waals surface area (Å²) in [5.41, 5.74) is 14.2. The SMILES string of the molecule is Cc1ccc(C)c2c1C=CC2[C@@H](c1ccccc1)[C@H](c1ccccc1)C1C=Cc2c(C)ccc(C)c21. The second-order valence-corrected chi connectivity index (χ2v) is 10.7. The first-order valence-corrected chi connectivity index (χ1v) is 13.2. The van der Waals surface area contributed by atoms with Gasteiger partial charge >= 0.3 is 0 Å². The van der Waals surface area contributed by atoms with E-state index in [0.29, 0.717) is 23.7 Å². The van der Waals surface area contributed by atoms with E-state index in [1.807, 2.05) is 0 Å². The molecule has 0 saturated heterocycles. The van der Waals surface area contributed by atoms with Crippen molar-refractivity contribution in [2.75, 3.05) is 0 Å². The van der Waals surface area contributed by atoms with E-state index in [1.165, 1.54) is 55.6 Å². The Bertz CT molecular complexity index is 1350. The summed E-state index contributed by atoms with van der Waals surface area (Å²) in [5, 5.41) is 0. The topological polar surface area (TPSA) is 0 Å². The summed E-state index contributed by atoms with van der Waals surface area (Å²) in [6, 6.07) is 31.7. The van der Waals surface area contributed by atoms with Crippen LogP contribution in [0.15, 0.2) is 97.1 Å². The maximum atomic E-state index is 2.49. The zero-order chi connectivity index (χ0) is 24.8. The van der Waals surface area contributed by atoms with Crippen molar-refractivity contribution in [2.24, 2.45) is 0 Å². The van der Waals surface area contributed by atoms with Gasteiger partial charge in [-0.2, -0.15) is 0 Å². The largest absolute Gasteiger partial charge is 0.0757 e. The number of rotatable bonds is 5. The molecule has 0 radical (unpaired) electrons. The fourth-order valence-electron chi connectivity index (χ4n) is 6.85. The zero-order valence-corrected chi connectivity index (χ0v) is 21.7. The van der Waals surface area contributed by atoms with E-state index in [9.17, 15) is 0 Å². The van der Waals surface area contributed by atoms with Gasteiger partial charge in [0, 0.05) is 23.7 Å². The maximum Gasteiger partial charge on any atom is 0.0105 e. The van der Waals surface area contributed by atoms with E-state index in [0.717, 1.165) is 0 Å². The first-order valence-electron chi connectivity index (χ1n) is 13.2. The molecule has 0 amide bonds. The molecule has 2 aliphatic carbocycles. The van der Waals surface area contributed by atoms with E-state index in [1.54, 1.807) is 0 Å². The van der Waals surface area contributed by atoms with Crippen LogP contribution in [-0.4, -0.2) is 0 Å². The summed E-state index contributed by atoms with van der Waals surface area (Å²) >= 11 is 0. The Morgan fingerprint density at radius 3 is 1.19 bits per heavy atom. The molecule has 2 unspecified atom stereocenters. The molecule has 0 N–H and O–H groups in total. The summed E-state index contributed by atoms with van der Waals surface area (Å²) in [6.07, 6.45) is 9.74. The quantitative estimate of drug-likeness (QED) is 0.275. The molecule has 4 aromatic carbocycles. The Hall–Kier alpha value is -3.64. The third-order valence-corrected chi connectivity index (χ3v) is 8.58. The molecule has 0 fully saturated rings. The van der Waals surface area contributed by atoms with Crippen molar-refractivity contribution >= 4 is 12.2 Å². The molecule has 4 atom stereocenters. The Labute approximate surface area is 216 Å². The number of allylic oxidation sites excluding steroid dienone is 2. The lowest BCUT2D eigenvalue weighted by molar-refractivity contribution is 0.467. The molecular formula is C36H34. The highest BCUT2D eigenvalue weighted by atomic mass is 14.4. The van der Waals surface area contributed by atoms with E-state index in [-0.39, 0.29) is 0 Å². The number of hydrogen-bond acceptors (Lipinski definition) is 0. The van der Waals surface area contributed by atoms with Crippen molar-refractivity contribution < 1.29 is 0 Å². The van der Waals surface area contributed by atoms with Gasteiger partial charge in [-0.3, -0.25) is 0 Å². The minimum atomic E-state index is 0.312. The third kappa shape index (κ3) is 3.68. The van der Waals surface area contributed by atoms with Crippen LogP contribution in [0, 0.1) is 27.7 Å². The highest BCUT2D eigenvalue weighted by molar-refractivity contribution is 5.71. The normalized spacial score (nSPS) is 19.2. The van der Waals surface area contributed by atoms with Crippen molar-refractivity contribution in [1.29, 1.82) is 0 Å². The van der Waals surface area contributed by atoms with Crippen molar-refractivity contribution in [3.8, 4) is 0 Å². The van der Waals surface area contributed by atoms with E-state index < -0.39 is 0 Å². The predicted molar refractivity (Wildman–Crippen MR) is 154 cm³/mol. The molecule has 0 aliphatic heterocycles. The van der Waals surface area contributed by atoms with Crippen LogP contribution in [0.4, 0.5) is 0 Å². The first kappa shape index (κ1) is 22.8. The summed E-state index contributed by atoms with van der Waals surface area (Å²) in [7, 11) is 0. The van der Waals surface area contributed by atoms with Crippen molar-refractivity contribution in [3.63, 3.8) is 0 Å². The second kappa shape index (κ2) is 9.10. The fraction of sp³-hybridized carbons (Fsp3) is 0.222. The van der Waals surface area contributed by atoms with Gasteiger partial charge in [-0.15, -0.1) is 0 Å². The molecule has 0 saturated carbocycles. The molecule has 6 rings (SSSR count). The van der Waals surface area contributed by atoms with Crippen LogP contribution in [0.3, 0.4) is 0 Å². The molecule has 2 aliphatic rings. The summed E-state index contributed by atoms with van der Waals surface area (Å²) in [6.45, 7) is 9.07. The second-order valence-electron chi connectivity index (χ2n) is 10.7. The molecule has 0 heterocycles. The van der Waals surface area contributed by atoms with Crippen LogP contribution in [0.25, 0.3) is 12.2 Å². The van der Waals surface area contributed by atoms with E-state index >= 15 is 0 Å². The Balaban J connectivity index is 1.60. The van der Waals surface area contributed by atoms with Gasteiger partial charge < -0.3 is 0 Å². The summed E-state index contributed by atoms with van der Waals surface area (Å²) in [5.74, 6) is 1.28. The molecule has 178 valence electrons. The molecule has 0 aromatic heterocycles. The Kier molecular flexibility index (Phi) is 5.76. The minimum Gasteiger partial charge on any atom is -0.0757 e. The van der Waals surface area contributed by atoms with Gasteiger partial charge in [-0.1, -0.05) is 109 Å². The molecule has 0 nitrogen and oxygen atoms in total. The van der Waals surface area contributed by atoms with Gasteiger partial charge in [-0.05, 0) is 83.3 Å². The number of hydrogen-bond donors (Lipinski definition) is 0. The number of fused-ring (bicyclic) bond motifs is 2. The molecule has 36 heavy (non-hydrogen) atoms. The van der Waals surface area contributed by atoms with Gasteiger partial charge in [0.25, 0.3) is 0 Å². The monoisotopic (exact) mass is 466 g/mol. The molecule has 0 bridgehead atoms. The van der Waals surface area contributed by atoms with Gasteiger partial charge in [0.05, 0.1) is 0 Å². The van der Waals surface area contributed by atoms with Crippen LogP contribution in [-0.2, 0) is 0 Å². The Morgan fingerprint density at radius 1 is 0.444 bits per heavy atom. The standard InChI is InChI=1S/C36H34/c1-23-15-17-25(3)33-29(23)19-21-31(33)35(27-11-7-5-8-12-27)36(28-13-9-6-10-14-28)32-22-20-30-24(2)16-18-26(4)34(30)32/h5-22,31-32,35-36H,1-4H3/t31?,32?,35-,36-/m1/s1. The van der Waals surface area contributed by atoms with Crippen LogP contribution in [0.1, 0.15) is 79.3 Å². The van der Waals surface area contributed by atoms with Crippen molar-refractivity contribution in [3.05, 3.63) is 153 Å². The van der Waals surface area contributed by atoms with E-state index in [2.05, 4.69) is 137 Å². The summed E-state index contributed by atoms with van der Waals surface area (Å²) in [4.78, 5) is 0. The highest BCUT2D eigenvalue weighted by Crippen LogP contribution is 2.56. The predicted octanol–water partition coefficient (Wildman–Crippen LogP) is 9.41. The van der Waals surface area contributed by atoms with Gasteiger partial charge in [-0.25, -0.2) is 0 Å². The van der Waals surface area contributed by atoms with Crippen LogP contribution in [0.5, 0.6) is 0 Å². The van der Waals surface area contributed by atoms with Gasteiger partial charge in [0.15, 0.2) is 0 Å². The van der Waals surface area contributed by atoms with Crippen molar-refractivity contribution in [1.82, 2.24) is 0 Å². The molecule has 4 aromatic rings. The van der Waals surface area contributed by atoms with E-state index in [4.69, 9.17) is 0 Å². The smallest absolute Gasteiger partial charge is 0.0105 e. The first-order chi connectivity index (χ1) is 17.5. The average Bonchev–Trinajstić information content (AvgIpc) is 3.55. The van der Waals surface area contributed by atoms with Gasteiger partial charge in [0.1, 0.15) is 0 Å². The van der Waals surface area contributed by atoms with Gasteiger partial charge in [0.2, 0.25) is 0 Å². The molecular weight excluding hydrogens is 432 g/mol. The number of benzene rings is 4. The highest BCUT2D eigenvalue weighted by Gasteiger charge is 2.41. The molecule has 0 spiro atoms. The zero-order valence-electron chi connectivity index (χ0n) is 21.7. The fourth-order valence-corrected chi connectivity index (χ4v) is 6.85. The Morgan fingerprint density at radius 2 is 0.806 bits per heavy atom. The lowest BCUT2D eigenvalue weighted by atomic mass is 9.65. The average molecular weight is 467 g/mol. The third-order valence-electron chi connectivity index (χ3n) is 8.58. The van der Waals surface area contributed by atoms with Crippen LogP contribution >= 0.6 is 0 Å². The summed E-state index contributed by atoms with van der Waals surface area (Å²) < 4.78 is 0. The van der Waals surface area contributed by atoms with Crippen molar-refractivity contribution in [2.45, 2.75) is 51.4 Å². The maximum absolute atomic E-state index is 2.49. The lowest BCUT2D eigenvalue weighted by Crippen LogP contribution is -2.23. The lowest BCUT2D eigenvalue weighted by Gasteiger charge is -2.37. The minimum absolute atomic E-state index is 0.312. The molecule has 0 heteroatoms. The van der Waals surface area contributed by atoms with Crippen LogP contribution in [0.2, 0.25) is 0 Å². The number of aryl methyl sites for hydroxylation is 4.